The monoisotopic (exact) mass is 421 g/mol. The number of carbonyl (C=O) groups excluding carboxylic acids is 2. The Morgan fingerprint density at radius 1 is 1.17 bits per heavy atom. The second kappa shape index (κ2) is 12.2. The van der Waals surface area contributed by atoms with Crippen LogP contribution >= 0.6 is 12.4 Å². The average Bonchev–Trinajstić information content (AvgIpc) is 2.74. The highest BCUT2D eigenvalue weighted by atomic mass is 35.5. The van der Waals surface area contributed by atoms with Crippen LogP contribution in [0.3, 0.4) is 0 Å². The molecule has 0 bridgehead atoms. The third-order valence-corrected chi connectivity index (χ3v) is 6.33. The van der Waals surface area contributed by atoms with Crippen molar-refractivity contribution in [2.24, 2.45) is 11.8 Å². The van der Waals surface area contributed by atoms with Crippen molar-refractivity contribution < 1.29 is 9.59 Å². The Morgan fingerprint density at radius 2 is 1.90 bits per heavy atom. The summed E-state index contributed by atoms with van der Waals surface area (Å²) in [5.74, 6) is 1.44. The van der Waals surface area contributed by atoms with E-state index in [4.69, 9.17) is 0 Å². The molecule has 0 aromatic heterocycles. The molecule has 2 aliphatic heterocycles. The molecule has 6 heteroatoms. The standard InChI is InChI=1S/C23H35N3O2.ClH/c1-18(20-8-5-13-24-17-20)16-22(27)25-21-11-14-26(15-12-21)23(28)10-9-19-6-3-2-4-7-19;/h2-4,6-7,18,20-21,24H,5,8-17H2,1H3,(H,25,27);1H. The minimum absolute atomic E-state index is 0. The van der Waals surface area contributed by atoms with Gasteiger partial charge in [0.1, 0.15) is 0 Å². The van der Waals surface area contributed by atoms with Gasteiger partial charge in [-0.2, -0.15) is 0 Å². The van der Waals surface area contributed by atoms with Crippen LogP contribution < -0.4 is 10.6 Å². The summed E-state index contributed by atoms with van der Waals surface area (Å²) in [4.78, 5) is 26.8. The summed E-state index contributed by atoms with van der Waals surface area (Å²) in [6, 6.07) is 10.4. The number of nitrogens with one attached hydrogen (secondary N) is 2. The summed E-state index contributed by atoms with van der Waals surface area (Å²) in [6.45, 7) is 5.85. The van der Waals surface area contributed by atoms with E-state index < -0.39 is 0 Å². The Kier molecular flexibility index (Phi) is 9.95. The highest BCUT2D eigenvalue weighted by molar-refractivity contribution is 5.85. The van der Waals surface area contributed by atoms with Gasteiger partial charge < -0.3 is 15.5 Å². The molecule has 2 unspecified atom stereocenters. The molecule has 2 aliphatic rings. The van der Waals surface area contributed by atoms with Crippen molar-refractivity contribution in [1.29, 1.82) is 0 Å². The van der Waals surface area contributed by atoms with Crippen molar-refractivity contribution >= 4 is 24.2 Å². The zero-order chi connectivity index (χ0) is 19.8. The van der Waals surface area contributed by atoms with Crippen LogP contribution in [0.2, 0.25) is 0 Å². The SMILES string of the molecule is CC(CC(=O)NC1CCN(C(=O)CCc2ccccc2)CC1)C1CCCNC1.Cl. The molecule has 2 N–H and O–H groups in total. The lowest BCUT2D eigenvalue weighted by Crippen LogP contribution is -2.47. The molecule has 2 saturated heterocycles. The number of nitrogens with zero attached hydrogens (tertiary/aromatic N) is 1. The van der Waals surface area contributed by atoms with Crippen molar-refractivity contribution in [3.8, 4) is 0 Å². The highest BCUT2D eigenvalue weighted by Crippen LogP contribution is 2.22. The quantitative estimate of drug-likeness (QED) is 0.710. The number of hydrogen-bond acceptors (Lipinski definition) is 3. The maximum Gasteiger partial charge on any atom is 0.222 e. The van der Waals surface area contributed by atoms with Crippen LogP contribution in [-0.2, 0) is 16.0 Å². The predicted octanol–water partition coefficient (Wildman–Crippen LogP) is 3.17. The molecule has 0 aliphatic carbocycles. The van der Waals surface area contributed by atoms with E-state index >= 15 is 0 Å². The Morgan fingerprint density at radius 3 is 2.55 bits per heavy atom. The Bertz CT molecular complexity index is 626. The number of piperidine rings is 2. The molecule has 1 aromatic carbocycles. The molecule has 3 rings (SSSR count). The Labute approximate surface area is 181 Å². The lowest BCUT2D eigenvalue weighted by Gasteiger charge is -2.33. The summed E-state index contributed by atoms with van der Waals surface area (Å²) in [6.07, 6.45) is 6.14. The van der Waals surface area contributed by atoms with Gasteiger partial charge in [0.05, 0.1) is 0 Å². The molecule has 1 aromatic rings. The summed E-state index contributed by atoms with van der Waals surface area (Å²) < 4.78 is 0. The van der Waals surface area contributed by atoms with Crippen molar-refractivity contribution in [3.05, 3.63) is 35.9 Å². The Hall–Kier alpha value is -1.59. The number of amides is 2. The molecule has 2 heterocycles. The largest absolute Gasteiger partial charge is 0.353 e. The number of aryl methyl sites for hydroxylation is 1. The zero-order valence-corrected chi connectivity index (χ0v) is 18.4. The molecule has 2 atom stereocenters. The first kappa shape index (κ1) is 23.7. The number of rotatable bonds is 7. The lowest BCUT2D eigenvalue weighted by atomic mass is 9.85. The molecule has 2 amide bonds. The topological polar surface area (TPSA) is 61.4 Å². The molecular weight excluding hydrogens is 386 g/mol. The van der Waals surface area contributed by atoms with E-state index in [1.165, 1.54) is 18.4 Å². The fourth-order valence-corrected chi connectivity index (χ4v) is 4.44. The minimum atomic E-state index is 0. The number of likely N-dealkylation sites (tertiary alicyclic amines) is 1. The van der Waals surface area contributed by atoms with Crippen LogP contribution in [0, 0.1) is 11.8 Å². The van der Waals surface area contributed by atoms with Gasteiger partial charge in [-0.3, -0.25) is 9.59 Å². The van der Waals surface area contributed by atoms with Crippen molar-refractivity contribution in [2.75, 3.05) is 26.2 Å². The number of halogens is 1. The predicted molar refractivity (Wildman–Crippen MR) is 119 cm³/mol. The van der Waals surface area contributed by atoms with Gasteiger partial charge in [-0.15, -0.1) is 12.4 Å². The number of carbonyl (C=O) groups is 2. The van der Waals surface area contributed by atoms with Gasteiger partial charge in [-0.05, 0) is 62.6 Å². The molecule has 29 heavy (non-hydrogen) atoms. The van der Waals surface area contributed by atoms with E-state index in [0.29, 0.717) is 24.7 Å². The van der Waals surface area contributed by atoms with Gasteiger partial charge >= 0.3 is 0 Å². The van der Waals surface area contributed by atoms with E-state index in [2.05, 4.69) is 29.7 Å². The van der Waals surface area contributed by atoms with Crippen molar-refractivity contribution in [2.45, 2.75) is 57.9 Å². The van der Waals surface area contributed by atoms with Gasteiger partial charge in [-0.25, -0.2) is 0 Å². The lowest BCUT2D eigenvalue weighted by molar-refractivity contribution is -0.132. The fourth-order valence-electron chi connectivity index (χ4n) is 4.44. The third-order valence-electron chi connectivity index (χ3n) is 6.33. The maximum atomic E-state index is 12.5. The molecule has 0 spiro atoms. The van der Waals surface area contributed by atoms with Crippen LogP contribution in [0.25, 0.3) is 0 Å². The van der Waals surface area contributed by atoms with E-state index in [1.807, 2.05) is 23.1 Å². The zero-order valence-electron chi connectivity index (χ0n) is 17.6. The first-order valence-corrected chi connectivity index (χ1v) is 10.9. The van der Waals surface area contributed by atoms with Crippen LogP contribution in [0.4, 0.5) is 0 Å². The van der Waals surface area contributed by atoms with Crippen molar-refractivity contribution in [1.82, 2.24) is 15.5 Å². The summed E-state index contributed by atoms with van der Waals surface area (Å²) >= 11 is 0. The molecule has 0 saturated carbocycles. The van der Waals surface area contributed by atoms with Gasteiger partial charge in [0.2, 0.25) is 11.8 Å². The first-order chi connectivity index (χ1) is 13.6. The summed E-state index contributed by atoms with van der Waals surface area (Å²) in [5, 5.41) is 6.65. The van der Waals surface area contributed by atoms with Gasteiger partial charge in [-0.1, -0.05) is 37.3 Å². The fraction of sp³-hybridized carbons (Fsp3) is 0.652. The second-order valence-electron chi connectivity index (χ2n) is 8.50. The number of hydrogen-bond donors (Lipinski definition) is 2. The summed E-state index contributed by atoms with van der Waals surface area (Å²) in [7, 11) is 0. The van der Waals surface area contributed by atoms with E-state index in [-0.39, 0.29) is 30.3 Å². The van der Waals surface area contributed by atoms with E-state index in [1.54, 1.807) is 0 Å². The van der Waals surface area contributed by atoms with Crippen molar-refractivity contribution in [3.63, 3.8) is 0 Å². The Balaban J connectivity index is 0.00000300. The van der Waals surface area contributed by atoms with Crippen LogP contribution in [0.1, 0.15) is 51.0 Å². The molecule has 5 nitrogen and oxygen atoms in total. The summed E-state index contributed by atoms with van der Waals surface area (Å²) in [5.41, 5.74) is 1.21. The van der Waals surface area contributed by atoms with Crippen LogP contribution in [0.15, 0.2) is 30.3 Å². The average molecular weight is 422 g/mol. The normalized spacial score (nSPS) is 21.1. The van der Waals surface area contributed by atoms with E-state index in [0.717, 1.165) is 45.4 Å². The highest BCUT2D eigenvalue weighted by Gasteiger charge is 2.26. The van der Waals surface area contributed by atoms with Gasteiger partial charge in [0, 0.05) is 32.0 Å². The molecule has 162 valence electrons. The second-order valence-corrected chi connectivity index (χ2v) is 8.50. The molecule has 0 radical (unpaired) electrons. The third kappa shape index (κ3) is 7.63. The van der Waals surface area contributed by atoms with Crippen LogP contribution in [-0.4, -0.2) is 48.9 Å². The first-order valence-electron chi connectivity index (χ1n) is 10.9. The molecular formula is C23H36ClN3O2. The van der Waals surface area contributed by atoms with Crippen LogP contribution in [0.5, 0.6) is 0 Å². The maximum absolute atomic E-state index is 12.5. The smallest absolute Gasteiger partial charge is 0.222 e. The van der Waals surface area contributed by atoms with Gasteiger partial charge in [0.15, 0.2) is 0 Å². The van der Waals surface area contributed by atoms with Gasteiger partial charge in [0.25, 0.3) is 0 Å². The minimum Gasteiger partial charge on any atom is -0.353 e. The molecule has 2 fully saturated rings. The van der Waals surface area contributed by atoms with E-state index in [9.17, 15) is 9.59 Å². The number of benzene rings is 1.